The Hall–Kier alpha value is -3.40. The van der Waals surface area contributed by atoms with Crippen LogP contribution in [0.1, 0.15) is 32.3 Å². The second-order valence-corrected chi connectivity index (χ2v) is 9.22. The second-order valence-electron chi connectivity index (χ2n) is 8.78. The van der Waals surface area contributed by atoms with Crippen LogP contribution in [0.4, 0.5) is 20.2 Å². The zero-order valence-corrected chi connectivity index (χ0v) is 20.5. The first kappa shape index (κ1) is 25.7. The first-order valence-corrected chi connectivity index (χ1v) is 11.8. The van der Waals surface area contributed by atoms with Crippen LogP contribution in [0.2, 0.25) is 5.02 Å². The van der Waals surface area contributed by atoms with E-state index < -0.39 is 35.3 Å². The maximum Gasteiger partial charge on any atom is 0.303 e. The Bertz CT molecular complexity index is 1210. The van der Waals surface area contributed by atoms with Gasteiger partial charge in [-0.05, 0) is 36.8 Å². The van der Waals surface area contributed by atoms with Crippen molar-refractivity contribution in [2.24, 2.45) is 0 Å². The highest BCUT2D eigenvalue weighted by Crippen LogP contribution is 2.37. The van der Waals surface area contributed by atoms with Gasteiger partial charge in [0.05, 0.1) is 17.9 Å². The number of esters is 2. The molecule has 2 aliphatic heterocycles. The molecule has 11 heteroatoms. The third kappa shape index (κ3) is 5.38. The third-order valence-corrected chi connectivity index (χ3v) is 6.48. The largest absolute Gasteiger partial charge is 0.489 e. The average Bonchev–Trinajstić information content (AvgIpc) is 2.80. The van der Waals surface area contributed by atoms with Crippen molar-refractivity contribution in [1.29, 1.82) is 0 Å². The molecule has 1 saturated heterocycles. The highest BCUT2D eigenvalue weighted by atomic mass is 35.5. The van der Waals surface area contributed by atoms with Gasteiger partial charge in [0.2, 0.25) is 5.91 Å². The number of fused-ring (bicyclic) bond motifs is 1. The van der Waals surface area contributed by atoms with E-state index in [9.17, 15) is 23.2 Å². The SMILES string of the molecule is CC(=O)O[C@@H]1CN(c2ccc(Cl)cc2F)CC[C@]1(COc1ccc(F)c2c1CCC(=O)N2)OC(C)=O. The Morgan fingerprint density at radius 1 is 1.14 bits per heavy atom. The van der Waals surface area contributed by atoms with E-state index >= 15 is 0 Å². The molecule has 0 aromatic heterocycles. The molecule has 2 aromatic carbocycles. The summed E-state index contributed by atoms with van der Waals surface area (Å²) < 4.78 is 46.2. The molecule has 0 spiro atoms. The summed E-state index contributed by atoms with van der Waals surface area (Å²) in [5.74, 6) is -2.35. The number of ether oxygens (including phenoxy) is 3. The van der Waals surface area contributed by atoms with Gasteiger partial charge in [-0.3, -0.25) is 14.4 Å². The van der Waals surface area contributed by atoms with Gasteiger partial charge in [-0.15, -0.1) is 0 Å². The molecule has 0 aliphatic carbocycles. The molecular weight excluding hydrogens is 498 g/mol. The minimum absolute atomic E-state index is 0.0202. The van der Waals surface area contributed by atoms with Crippen LogP contribution in [-0.2, 0) is 30.3 Å². The summed E-state index contributed by atoms with van der Waals surface area (Å²) in [7, 11) is 0. The van der Waals surface area contributed by atoms with Gasteiger partial charge in [-0.1, -0.05) is 11.6 Å². The van der Waals surface area contributed by atoms with Gasteiger partial charge >= 0.3 is 11.9 Å². The molecule has 0 saturated carbocycles. The van der Waals surface area contributed by atoms with Gasteiger partial charge < -0.3 is 24.4 Å². The number of anilines is 2. The summed E-state index contributed by atoms with van der Waals surface area (Å²) in [5.41, 5.74) is -0.597. The molecule has 2 atom stereocenters. The minimum atomic E-state index is -1.39. The van der Waals surface area contributed by atoms with Crippen LogP contribution in [0.5, 0.6) is 5.75 Å². The van der Waals surface area contributed by atoms with Crippen molar-refractivity contribution in [2.45, 2.75) is 44.8 Å². The fourth-order valence-corrected chi connectivity index (χ4v) is 4.76. The number of carbonyl (C=O) groups excluding carboxylic acids is 3. The molecule has 36 heavy (non-hydrogen) atoms. The predicted molar refractivity (Wildman–Crippen MR) is 127 cm³/mol. The molecule has 1 amide bonds. The van der Waals surface area contributed by atoms with E-state index in [1.165, 1.54) is 38.1 Å². The maximum atomic E-state index is 14.6. The standard InChI is InChI=1S/C25H25ClF2N2O6/c1-14(31)35-22-12-30(20-6-3-16(26)11-19(20)28)10-9-25(22,36-15(2)32)13-34-21-7-5-18(27)24-17(21)4-8-23(33)29-24/h3,5-7,11,22H,4,8-10,12-13H2,1-2H3,(H,29,33)/t22-,25-/m1/s1. The molecule has 0 bridgehead atoms. The van der Waals surface area contributed by atoms with Crippen molar-refractivity contribution in [2.75, 3.05) is 29.9 Å². The van der Waals surface area contributed by atoms with Crippen LogP contribution < -0.4 is 15.0 Å². The quantitative estimate of drug-likeness (QED) is 0.572. The first-order chi connectivity index (χ1) is 17.1. The van der Waals surface area contributed by atoms with Crippen LogP contribution in [0.3, 0.4) is 0 Å². The highest BCUT2D eigenvalue weighted by Gasteiger charge is 2.50. The number of halogens is 3. The van der Waals surface area contributed by atoms with Crippen molar-refractivity contribution < 1.29 is 37.4 Å². The Labute approximate surface area is 211 Å². The van der Waals surface area contributed by atoms with Crippen LogP contribution in [0, 0.1) is 11.6 Å². The summed E-state index contributed by atoms with van der Waals surface area (Å²) in [4.78, 5) is 37.5. The van der Waals surface area contributed by atoms with E-state index in [0.717, 1.165) is 0 Å². The molecule has 1 fully saturated rings. The fourth-order valence-electron chi connectivity index (χ4n) is 4.60. The van der Waals surface area contributed by atoms with E-state index in [1.807, 2.05) is 0 Å². The third-order valence-electron chi connectivity index (χ3n) is 6.24. The molecule has 192 valence electrons. The molecule has 8 nitrogen and oxygen atoms in total. The number of amides is 1. The number of nitrogens with zero attached hydrogens (tertiary/aromatic N) is 1. The molecule has 2 aromatic rings. The number of nitrogens with one attached hydrogen (secondary N) is 1. The van der Waals surface area contributed by atoms with Crippen molar-refractivity contribution in [3.8, 4) is 5.75 Å². The monoisotopic (exact) mass is 522 g/mol. The normalized spacial score (nSPS) is 21.3. The van der Waals surface area contributed by atoms with E-state index in [-0.39, 0.29) is 61.3 Å². The summed E-state index contributed by atoms with van der Waals surface area (Å²) in [6.45, 7) is 2.51. The first-order valence-electron chi connectivity index (χ1n) is 11.4. The number of hydrogen-bond acceptors (Lipinski definition) is 7. The predicted octanol–water partition coefficient (Wildman–Crippen LogP) is 4.03. The van der Waals surface area contributed by atoms with E-state index in [0.29, 0.717) is 11.3 Å². The Morgan fingerprint density at radius 3 is 2.61 bits per heavy atom. The van der Waals surface area contributed by atoms with Gasteiger partial charge in [0.1, 0.15) is 24.0 Å². The molecule has 0 radical (unpaired) electrons. The van der Waals surface area contributed by atoms with Crippen LogP contribution in [0.15, 0.2) is 30.3 Å². The van der Waals surface area contributed by atoms with E-state index in [4.69, 9.17) is 25.8 Å². The topological polar surface area (TPSA) is 94.2 Å². The van der Waals surface area contributed by atoms with Crippen molar-refractivity contribution in [3.63, 3.8) is 0 Å². The smallest absolute Gasteiger partial charge is 0.303 e. The van der Waals surface area contributed by atoms with E-state index in [1.54, 1.807) is 11.0 Å². The van der Waals surface area contributed by atoms with Crippen molar-refractivity contribution >= 4 is 40.8 Å². The molecule has 1 N–H and O–H groups in total. The molecule has 2 heterocycles. The summed E-state index contributed by atoms with van der Waals surface area (Å²) >= 11 is 5.88. The average molecular weight is 523 g/mol. The van der Waals surface area contributed by atoms with Gasteiger partial charge in [0.25, 0.3) is 0 Å². The Balaban J connectivity index is 1.63. The number of benzene rings is 2. The molecule has 2 aliphatic rings. The van der Waals surface area contributed by atoms with Crippen LogP contribution >= 0.6 is 11.6 Å². The number of piperidine rings is 1. The lowest BCUT2D eigenvalue weighted by Gasteiger charge is -2.46. The van der Waals surface area contributed by atoms with Gasteiger partial charge in [-0.25, -0.2) is 8.78 Å². The second kappa shape index (κ2) is 10.3. The molecule has 0 unspecified atom stereocenters. The van der Waals surface area contributed by atoms with Gasteiger partial charge in [0, 0.05) is 43.8 Å². The van der Waals surface area contributed by atoms with Gasteiger partial charge in [0.15, 0.2) is 11.7 Å². The van der Waals surface area contributed by atoms with Crippen LogP contribution in [-0.4, -0.2) is 49.2 Å². The summed E-state index contributed by atoms with van der Waals surface area (Å²) in [6.07, 6.45) is -0.420. The highest BCUT2D eigenvalue weighted by molar-refractivity contribution is 6.30. The van der Waals surface area contributed by atoms with E-state index in [2.05, 4.69) is 5.32 Å². The summed E-state index contributed by atoms with van der Waals surface area (Å²) in [5, 5.41) is 2.76. The zero-order chi connectivity index (χ0) is 26.0. The van der Waals surface area contributed by atoms with Crippen molar-refractivity contribution in [3.05, 3.63) is 52.6 Å². The Kier molecular flexibility index (Phi) is 7.35. The number of rotatable bonds is 6. The zero-order valence-electron chi connectivity index (χ0n) is 19.7. The molecular formula is C25H25ClF2N2O6. The lowest BCUT2D eigenvalue weighted by molar-refractivity contribution is -0.192. The minimum Gasteiger partial charge on any atom is -0.489 e. The van der Waals surface area contributed by atoms with Crippen LogP contribution in [0.25, 0.3) is 0 Å². The number of hydrogen-bond donors (Lipinski definition) is 1. The van der Waals surface area contributed by atoms with Gasteiger partial charge in [-0.2, -0.15) is 0 Å². The number of carbonyl (C=O) groups is 3. The fraction of sp³-hybridized carbons (Fsp3) is 0.400. The lowest BCUT2D eigenvalue weighted by Crippen LogP contribution is -2.62. The molecule has 4 rings (SSSR count). The Morgan fingerprint density at radius 2 is 1.92 bits per heavy atom. The summed E-state index contributed by atoms with van der Waals surface area (Å²) in [6, 6.07) is 6.87. The lowest BCUT2D eigenvalue weighted by atomic mass is 9.88. The maximum absolute atomic E-state index is 14.6. The van der Waals surface area contributed by atoms with Crippen molar-refractivity contribution in [1.82, 2.24) is 0 Å².